The Bertz CT molecular complexity index is 1310. The van der Waals surface area contributed by atoms with Crippen molar-refractivity contribution in [1.82, 2.24) is 5.32 Å². The number of ketones is 2. The Balaban J connectivity index is 1.22. The molecule has 2 bridgehead atoms. The van der Waals surface area contributed by atoms with Crippen LogP contribution in [0.4, 0.5) is 0 Å². The number of carbonyl (C=O) groups is 2. The minimum atomic E-state index is -2.13. The van der Waals surface area contributed by atoms with E-state index in [1.807, 2.05) is 6.08 Å². The van der Waals surface area contributed by atoms with Crippen LogP contribution in [0.1, 0.15) is 64.7 Å². The number of carbonyl (C=O) groups excluding carboxylic acids is 2. The lowest BCUT2D eigenvalue weighted by Gasteiger charge is -2.62. The van der Waals surface area contributed by atoms with Crippen LogP contribution in [0, 0.1) is 40.9 Å². The minimum absolute atomic E-state index is 0.105. The topological polar surface area (TPSA) is 192 Å². The number of rotatable bonds is 5. The van der Waals surface area contributed by atoms with E-state index in [-0.39, 0.29) is 29.4 Å². The van der Waals surface area contributed by atoms with Gasteiger partial charge in [-0.25, -0.2) is 0 Å². The first kappa shape index (κ1) is 31.6. The maximum Gasteiger partial charge on any atom is 0.188 e. The number of nitrogens with two attached hydrogens (primary N) is 1. The van der Waals surface area contributed by atoms with Crippen molar-refractivity contribution < 1.29 is 44.6 Å². The van der Waals surface area contributed by atoms with Crippen LogP contribution in [0.25, 0.3) is 0 Å². The Morgan fingerprint density at radius 3 is 2.58 bits per heavy atom. The second kappa shape index (κ2) is 11.3. The second-order valence-corrected chi connectivity index (χ2v) is 14.9. The second-order valence-electron chi connectivity index (χ2n) is 14.9. The van der Waals surface area contributed by atoms with Gasteiger partial charge in [0.05, 0.1) is 36.6 Å². The van der Waals surface area contributed by atoms with Crippen LogP contribution in [-0.4, -0.2) is 92.2 Å². The van der Waals surface area contributed by atoms with Crippen molar-refractivity contribution in [3.8, 4) is 0 Å². The first-order chi connectivity index (χ1) is 21.5. The molecule has 8 N–H and O–H groups in total. The zero-order chi connectivity index (χ0) is 31.9. The van der Waals surface area contributed by atoms with E-state index >= 15 is 0 Å². The van der Waals surface area contributed by atoms with E-state index in [1.54, 1.807) is 19.1 Å². The molecule has 0 spiro atoms. The maximum atomic E-state index is 14.0. The summed E-state index contributed by atoms with van der Waals surface area (Å²) >= 11 is 0. The molecule has 45 heavy (non-hydrogen) atoms. The number of ether oxygens (including phenoxy) is 2. The summed E-state index contributed by atoms with van der Waals surface area (Å²) in [4.78, 5) is 27.7. The molecule has 0 aromatic carbocycles. The number of hydrogen-bond acceptors (Lipinski definition) is 11. The number of aliphatic hydroxyl groups is 5. The van der Waals surface area contributed by atoms with Gasteiger partial charge >= 0.3 is 0 Å². The van der Waals surface area contributed by atoms with Crippen molar-refractivity contribution in [3.05, 3.63) is 35.6 Å². The van der Waals surface area contributed by atoms with E-state index in [0.29, 0.717) is 25.7 Å². The lowest BCUT2D eigenvalue weighted by atomic mass is 9.52. The average molecular weight is 629 g/mol. The smallest absolute Gasteiger partial charge is 0.188 e. The Hall–Kier alpha value is -1.96. The number of nitrogens with one attached hydrogen (secondary N) is 1. The highest BCUT2D eigenvalue weighted by Crippen LogP contribution is 2.61. The van der Waals surface area contributed by atoms with Crippen LogP contribution in [0.2, 0.25) is 0 Å². The Morgan fingerprint density at radius 1 is 1.11 bits per heavy atom. The fourth-order valence-electron chi connectivity index (χ4n) is 10.6. The maximum absolute atomic E-state index is 14.0. The molecule has 248 valence electrons. The predicted molar refractivity (Wildman–Crippen MR) is 161 cm³/mol. The van der Waals surface area contributed by atoms with Gasteiger partial charge in [-0.05, 0) is 69.4 Å². The van der Waals surface area contributed by atoms with Crippen LogP contribution in [0.3, 0.4) is 0 Å². The third-order valence-corrected chi connectivity index (χ3v) is 12.7. The molecular weight excluding hydrogens is 580 g/mol. The zero-order valence-corrected chi connectivity index (χ0v) is 25.9. The lowest BCUT2D eigenvalue weighted by Crippen LogP contribution is -2.78. The number of allylic oxidation sites excluding steroid dienone is 4. The Labute approximate surface area is 263 Å². The fourth-order valence-corrected chi connectivity index (χ4v) is 10.6. The van der Waals surface area contributed by atoms with Crippen molar-refractivity contribution in [3.63, 3.8) is 0 Å². The Morgan fingerprint density at radius 2 is 1.87 bits per heavy atom. The molecule has 2 heterocycles. The lowest BCUT2D eigenvalue weighted by molar-refractivity contribution is -0.381. The van der Waals surface area contributed by atoms with E-state index in [2.05, 4.69) is 5.32 Å². The van der Waals surface area contributed by atoms with Crippen molar-refractivity contribution >= 4 is 11.6 Å². The van der Waals surface area contributed by atoms with Gasteiger partial charge in [-0.2, -0.15) is 0 Å². The van der Waals surface area contributed by atoms with Gasteiger partial charge in [0, 0.05) is 11.8 Å². The van der Waals surface area contributed by atoms with Gasteiger partial charge in [0.2, 0.25) is 0 Å². The normalized spacial score (nSPS) is 49.2. The largest absolute Gasteiger partial charge is 0.512 e. The van der Waals surface area contributed by atoms with E-state index in [9.17, 15) is 35.1 Å². The van der Waals surface area contributed by atoms with Gasteiger partial charge < -0.3 is 46.1 Å². The molecule has 13 atom stereocenters. The molecule has 0 radical (unpaired) electrons. The van der Waals surface area contributed by atoms with Crippen molar-refractivity contribution in [1.29, 1.82) is 0 Å². The van der Waals surface area contributed by atoms with Crippen molar-refractivity contribution in [2.45, 2.75) is 107 Å². The molecular formula is C34H48N2O9. The molecule has 0 aromatic heterocycles. The third-order valence-electron chi connectivity index (χ3n) is 12.7. The van der Waals surface area contributed by atoms with Crippen molar-refractivity contribution in [2.24, 2.45) is 46.7 Å². The average Bonchev–Trinajstić information content (AvgIpc) is 3.51. The van der Waals surface area contributed by atoms with Crippen LogP contribution < -0.4 is 11.1 Å². The predicted octanol–water partition coefficient (Wildman–Crippen LogP) is 1.15. The molecule has 7 aliphatic rings. The van der Waals surface area contributed by atoms with Crippen molar-refractivity contribution in [2.75, 3.05) is 13.2 Å². The summed E-state index contributed by atoms with van der Waals surface area (Å²) in [7, 11) is 0. The van der Waals surface area contributed by atoms with Gasteiger partial charge in [0.25, 0.3) is 0 Å². The number of Topliss-reactive ketones (excluding diaryl/α,β-unsaturated/α-hetero) is 2. The molecule has 2 saturated heterocycles. The summed E-state index contributed by atoms with van der Waals surface area (Å²) in [5.74, 6) is -4.21. The number of fused-ring (bicyclic) bond motifs is 4. The van der Waals surface area contributed by atoms with Crippen LogP contribution >= 0.6 is 0 Å². The van der Waals surface area contributed by atoms with Gasteiger partial charge in [-0.3, -0.25) is 9.59 Å². The van der Waals surface area contributed by atoms with Crippen LogP contribution in [0.15, 0.2) is 35.6 Å². The molecule has 11 heteroatoms. The number of hydrogen-bond donors (Lipinski definition) is 7. The van der Waals surface area contributed by atoms with Gasteiger partial charge in [-0.15, -0.1) is 0 Å². The highest BCUT2D eigenvalue weighted by Gasteiger charge is 2.70. The van der Waals surface area contributed by atoms with E-state index in [0.717, 1.165) is 44.2 Å². The molecule has 3 saturated carbocycles. The monoisotopic (exact) mass is 628 g/mol. The molecule has 2 aliphatic heterocycles. The molecule has 0 aromatic rings. The molecule has 5 unspecified atom stereocenters. The molecule has 7 rings (SSSR count). The van der Waals surface area contributed by atoms with E-state index in [1.165, 1.54) is 6.08 Å². The highest BCUT2D eigenvalue weighted by molar-refractivity contribution is 6.02. The minimum Gasteiger partial charge on any atom is -0.512 e. The highest BCUT2D eigenvalue weighted by atomic mass is 16.7. The van der Waals surface area contributed by atoms with E-state index in [4.69, 9.17) is 15.2 Å². The van der Waals surface area contributed by atoms with E-state index < -0.39 is 77.4 Å². The zero-order valence-electron chi connectivity index (χ0n) is 25.9. The quantitative estimate of drug-likeness (QED) is 0.216. The summed E-state index contributed by atoms with van der Waals surface area (Å²) < 4.78 is 12.6. The standard InChI is InChI=1S/C34H48N2O9/c1-17-13-20-25(21(38)14-17)28(40)26-19(27(20)39)5-4-6-22(26)44-30-29(41)34(43)23(7-11-33(16-37,45-30)31(34)42)32(9-2-3-10-32)18-8-12-36-24(35)15-18/h7,11,13-14,18-20,22-26,29-31,36-38,41-43H,2-6,8-10,12,15-16,35H2,1H3/t18?,19?,20-,22?,23+,24?,25+,26?,29+,30+,31-,33-,34+/m1/s1. The summed E-state index contributed by atoms with van der Waals surface area (Å²) in [5, 5.41) is 61.0. The van der Waals surface area contributed by atoms with Gasteiger partial charge in [-0.1, -0.05) is 43.1 Å². The summed E-state index contributed by atoms with van der Waals surface area (Å²) in [6.07, 6.45) is 7.41. The molecule has 11 nitrogen and oxygen atoms in total. The fraction of sp³-hybridized carbons (Fsp3) is 0.765. The van der Waals surface area contributed by atoms with Gasteiger partial charge in [0.1, 0.15) is 35.0 Å². The third kappa shape index (κ3) is 4.60. The summed E-state index contributed by atoms with van der Waals surface area (Å²) in [6, 6.07) is 0. The first-order valence-electron chi connectivity index (χ1n) is 16.8. The molecule has 0 amide bonds. The molecule has 5 aliphatic carbocycles. The van der Waals surface area contributed by atoms with Gasteiger partial charge in [0.15, 0.2) is 12.1 Å². The van der Waals surface area contributed by atoms with Crippen LogP contribution in [-0.2, 0) is 19.1 Å². The summed E-state index contributed by atoms with van der Waals surface area (Å²) in [6.45, 7) is 1.86. The number of aliphatic hydroxyl groups excluding tert-OH is 4. The summed E-state index contributed by atoms with van der Waals surface area (Å²) in [5.41, 5.74) is 2.76. The first-order valence-corrected chi connectivity index (χ1v) is 16.8. The molecule has 5 fully saturated rings. The Kier molecular flexibility index (Phi) is 7.97. The number of piperidine rings is 1. The van der Waals surface area contributed by atoms with Crippen LogP contribution in [0.5, 0.6) is 0 Å². The SMILES string of the molecule is CC1=C[C@H]2C(=O)C3CCCC(O[C@H]4O[C@@]5(CO)C=C[C@@H](C6(C7CCNC(N)C7)CCCC6)[C@](O)([C@H]4O)[C@@H]5O)C3C(=O)[C@@H]2C(O)=C1.